The van der Waals surface area contributed by atoms with Gasteiger partial charge in [0.2, 0.25) is 0 Å². The Morgan fingerprint density at radius 3 is 1.71 bits per heavy atom. The molecule has 0 spiro atoms. The van der Waals surface area contributed by atoms with Crippen molar-refractivity contribution in [3.63, 3.8) is 0 Å². The van der Waals surface area contributed by atoms with Gasteiger partial charge in [-0.05, 0) is 18.9 Å². The summed E-state index contributed by atoms with van der Waals surface area (Å²) in [5, 5.41) is 0. The van der Waals surface area contributed by atoms with Crippen LogP contribution in [-0.2, 0) is 43.0 Å². The normalized spacial score (nSPS) is 14.4. The number of alkyl halides is 6. The maximum atomic E-state index is 12.5. The average Bonchev–Trinajstić information content (AvgIpc) is 3.65. The number of hydrogen-bond acceptors (Lipinski definition) is 0. The van der Waals surface area contributed by atoms with Gasteiger partial charge in [0.15, 0.2) is 0 Å². The van der Waals surface area contributed by atoms with Crippen LogP contribution in [0.5, 0.6) is 0 Å². The zero-order valence-electron chi connectivity index (χ0n) is 29.4. The zero-order chi connectivity index (χ0) is 36.1. The molecule has 0 bridgehead atoms. The third kappa shape index (κ3) is 12.2. The number of aryl methyl sites for hydroxylation is 2. The Morgan fingerprint density at radius 2 is 1.25 bits per heavy atom. The van der Waals surface area contributed by atoms with Gasteiger partial charge in [0.1, 0.15) is 0 Å². The fraction of sp³-hybridized carbons (Fsp3) is 0.310. The molecule has 2 aliphatic rings. The zero-order valence-corrected chi connectivity index (χ0v) is 33.5. The second-order valence-electron chi connectivity index (χ2n) is 13.5. The number of allylic oxidation sites excluding steroid dienone is 4. The molecule has 0 N–H and O–H groups in total. The first-order valence-electron chi connectivity index (χ1n) is 16.2. The van der Waals surface area contributed by atoms with Crippen molar-refractivity contribution in [2.45, 2.75) is 73.2 Å². The van der Waals surface area contributed by atoms with Crippen LogP contribution in [0.1, 0.15) is 85.0 Å². The Morgan fingerprint density at radius 1 is 0.745 bits per heavy atom. The number of benzene rings is 4. The molecule has 51 heavy (non-hydrogen) atoms. The molecule has 4 aromatic rings. The van der Waals surface area contributed by atoms with Crippen LogP contribution in [0.3, 0.4) is 0 Å². The molecule has 0 aromatic heterocycles. The minimum atomic E-state index is -4.41. The van der Waals surface area contributed by atoms with Crippen molar-refractivity contribution in [1.29, 1.82) is 0 Å². The Bertz CT molecular complexity index is 1720. The van der Waals surface area contributed by atoms with Crippen molar-refractivity contribution in [2.24, 2.45) is 11.3 Å². The summed E-state index contributed by atoms with van der Waals surface area (Å²) in [4.78, 5) is 0. The van der Waals surface area contributed by atoms with Gasteiger partial charge >= 0.3 is 137 Å². The van der Waals surface area contributed by atoms with Gasteiger partial charge in [0.25, 0.3) is 0 Å². The molecule has 6 rings (SSSR count). The predicted molar refractivity (Wildman–Crippen MR) is 197 cm³/mol. The molecular formula is C42H42Cl2F6Zr. The SMILES string of the molecule is CCCC1[C-]=CC(C(C)(C)C)=C1.Cc1[c-]c2c(cc1)-c1ccc(C)cc1C2.Cl.Cl.FC(F)(F)c1ccc([C](=[Zr+2])c2ccc(C(F)(F)F)cc2)cc1. The van der Waals surface area contributed by atoms with E-state index in [0.29, 0.717) is 25.7 Å². The first-order valence-corrected chi connectivity index (χ1v) is 17.5. The summed E-state index contributed by atoms with van der Waals surface area (Å²) in [6.45, 7) is 13.2. The van der Waals surface area contributed by atoms with Crippen molar-refractivity contribution in [2.75, 3.05) is 0 Å². The molecule has 0 aliphatic heterocycles. The van der Waals surface area contributed by atoms with Gasteiger partial charge in [-0.2, -0.15) is 35.4 Å². The molecule has 2 aliphatic carbocycles. The fourth-order valence-corrected chi connectivity index (χ4v) is 6.46. The maximum absolute atomic E-state index is 12.5. The van der Waals surface area contributed by atoms with Crippen molar-refractivity contribution in [1.82, 2.24) is 0 Å². The quantitative estimate of drug-likeness (QED) is 0.125. The third-order valence-corrected chi connectivity index (χ3v) is 9.81. The molecule has 0 fully saturated rings. The third-order valence-electron chi connectivity index (χ3n) is 8.39. The number of halogens is 8. The minimum absolute atomic E-state index is 0. The van der Waals surface area contributed by atoms with E-state index in [1.165, 1.54) is 76.1 Å². The second kappa shape index (κ2) is 18.3. The number of fused-ring (bicyclic) bond motifs is 3. The Labute approximate surface area is 325 Å². The number of hydrogen-bond donors (Lipinski definition) is 0. The first kappa shape index (κ1) is 44.4. The summed E-state index contributed by atoms with van der Waals surface area (Å²) < 4.78 is 75.6. The summed E-state index contributed by atoms with van der Waals surface area (Å²) in [5.41, 5.74) is 9.51. The Kier molecular flexibility index (Phi) is 16.0. The average molecular weight is 823 g/mol. The van der Waals surface area contributed by atoms with Gasteiger partial charge in [-0.15, -0.1) is 35.9 Å². The molecule has 0 saturated carbocycles. The van der Waals surface area contributed by atoms with Gasteiger partial charge in [-0.1, -0.05) is 88.1 Å². The summed E-state index contributed by atoms with van der Waals surface area (Å²) in [6, 6.07) is 23.7. The van der Waals surface area contributed by atoms with Gasteiger partial charge in [0, 0.05) is 0 Å². The van der Waals surface area contributed by atoms with Crippen LogP contribution in [0, 0.1) is 37.3 Å². The van der Waals surface area contributed by atoms with Crippen LogP contribution in [0.25, 0.3) is 11.1 Å². The molecule has 0 nitrogen and oxygen atoms in total. The van der Waals surface area contributed by atoms with E-state index in [9.17, 15) is 26.3 Å². The van der Waals surface area contributed by atoms with Crippen LogP contribution >= 0.6 is 24.8 Å². The molecule has 0 saturated heterocycles. The second-order valence-corrected chi connectivity index (χ2v) is 14.7. The monoisotopic (exact) mass is 820 g/mol. The number of rotatable bonds is 4. The fourth-order valence-electron chi connectivity index (χ4n) is 5.64. The summed E-state index contributed by atoms with van der Waals surface area (Å²) in [7, 11) is 0. The predicted octanol–water partition coefficient (Wildman–Crippen LogP) is 13.1. The van der Waals surface area contributed by atoms with Crippen LogP contribution in [0.2, 0.25) is 0 Å². The van der Waals surface area contributed by atoms with E-state index >= 15 is 0 Å². The molecular weight excluding hydrogens is 781 g/mol. The molecule has 0 radical (unpaired) electrons. The van der Waals surface area contributed by atoms with Crippen LogP contribution in [-0.4, -0.2) is 3.21 Å². The van der Waals surface area contributed by atoms with Crippen molar-refractivity contribution in [3.8, 4) is 11.1 Å². The van der Waals surface area contributed by atoms with Gasteiger partial charge < -0.3 is 0 Å². The van der Waals surface area contributed by atoms with E-state index in [2.05, 4.69) is 96.2 Å². The topological polar surface area (TPSA) is 0 Å². The molecule has 0 heterocycles. The van der Waals surface area contributed by atoms with E-state index in [1.807, 2.05) is 0 Å². The van der Waals surface area contributed by atoms with E-state index in [0.717, 1.165) is 54.9 Å². The van der Waals surface area contributed by atoms with E-state index < -0.39 is 23.5 Å². The van der Waals surface area contributed by atoms with Crippen LogP contribution in [0.15, 0.2) is 96.6 Å². The molecule has 270 valence electrons. The molecule has 4 aromatic carbocycles. The summed E-state index contributed by atoms with van der Waals surface area (Å²) >= 11 is 0.898. The van der Waals surface area contributed by atoms with E-state index in [1.54, 1.807) is 0 Å². The Hall–Kier alpha value is -2.73. The van der Waals surface area contributed by atoms with Gasteiger partial charge in [0.05, 0.1) is 0 Å². The summed E-state index contributed by atoms with van der Waals surface area (Å²) in [6.07, 6.45) is 2.66. The Balaban J connectivity index is 0.000000273. The van der Waals surface area contributed by atoms with Crippen LogP contribution in [0.4, 0.5) is 26.3 Å². The van der Waals surface area contributed by atoms with Crippen LogP contribution < -0.4 is 0 Å². The summed E-state index contributed by atoms with van der Waals surface area (Å²) in [5.74, 6) is 0.587. The standard InChI is InChI=1S/C15H8F6.C15H13.C12H19.2ClH.Zr/c16-14(17,18)12-5-1-10(2-6-12)9-11-3-7-13(8-4-11)15(19,20)21;1-10-3-5-14-12(7-10)9-13-8-11(2)4-6-15(13)14;1-5-6-10-7-8-11(9-10)12(2,3)4;;;/h1-8H;3-7H,9H2,1-2H3;8-10H,5-6H2,1-4H3;2*1H;/q;2*-1;;;+2. The molecule has 9 heteroatoms. The van der Waals surface area contributed by atoms with E-state index in [-0.39, 0.29) is 24.8 Å². The van der Waals surface area contributed by atoms with Crippen molar-refractivity contribution >= 4 is 28.0 Å². The van der Waals surface area contributed by atoms with E-state index in [4.69, 9.17) is 0 Å². The van der Waals surface area contributed by atoms with Gasteiger partial charge in [-0.3, -0.25) is 6.08 Å². The molecule has 1 unspecified atom stereocenters. The molecule has 0 amide bonds. The van der Waals surface area contributed by atoms with Gasteiger partial charge in [-0.25, -0.2) is 6.08 Å². The first-order chi connectivity index (χ1) is 22.9. The van der Waals surface area contributed by atoms with Crippen molar-refractivity contribution in [3.05, 3.63) is 153 Å². The molecule has 1 atom stereocenters. The van der Waals surface area contributed by atoms with Crippen molar-refractivity contribution < 1.29 is 50.6 Å².